The summed E-state index contributed by atoms with van der Waals surface area (Å²) in [5.41, 5.74) is -0.0296. The van der Waals surface area contributed by atoms with Crippen LogP contribution < -0.4 is 0 Å². The van der Waals surface area contributed by atoms with Crippen molar-refractivity contribution in [1.82, 2.24) is 0 Å². The third-order valence-corrected chi connectivity index (χ3v) is 2.92. The predicted molar refractivity (Wildman–Crippen MR) is 62.6 cm³/mol. The summed E-state index contributed by atoms with van der Waals surface area (Å²) in [6.45, 7) is 3.44. The fraction of sp³-hybridized carbons (Fsp3) is 0.385. The van der Waals surface area contributed by atoms with Gasteiger partial charge in [-0.25, -0.2) is 0 Å². The van der Waals surface area contributed by atoms with Crippen LogP contribution in [0.5, 0.6) is 0 Å². The Morgan fingerprint density at radius 3 is 2.18 bits per heavy atom. The summed E-state index contributed by atoms with van der Waals surface area (Å²) in [5.74, 6) is -3.12. The fourth-order valence-corrected chi connectivity index (χ4v) is 1.86. The lowest BCUT2D eigenvalue weighted by Crippen LogP contribution is -2.41. The van der Waals surface area contributed by atoms with E-state index in [1.807, 2.05) is 18.2 Å². The molecule has 0 aromatic heterocycles. The highest BCUT2D eigenvalue weighted by molar-refractivity contribution is 5.95. The Morgan fingerprint density at radius 2 is 1.76 bits per heavy atom. The minimum atomic E-state index is -1.21. The third kappa shape index (κ3) is 2.64. The molecular formula is C13H16O4. The number of rotatable bonds is 4. The number of esters is 1. The molecule has 0 saturated carbocycles. The maximum atomic E-state index is 11.6. The van der Waals surface area contributed by atoms with Gasteiger partial charge in [0.2, 0.25) is 0 Å². The first-order valence-corrected chi connectivity index (χ1v) is 5.27. The van der Waals surface area contributed by atoms with Gasteiger partial charge in [-0.05, 0) is 5.56 Å². The minimum Gasteiger partial charge on any atom is -0.481 e. The molecule has 1 aromatic carbocycles. The van der Waals surface area contributed by atoms with Gasteiger partial charge in [-0.15, -0.1) is 0 Å². The number of hydrogen-bond acceptors (Lipinski definition) is 3. The molecule has 17 heavy (non-hydrogen) atoms. The van der Waals surface area contributed by atoms with Crippen molar-refractivity contribution in [1.29, 1.82) is 0 Å². The van der Waals surface area contributed by atoms with Gasteiger partial charge in [0.15, 0.2) is 5.92 Å². The Labute approximate surface area is 100 Å². The quantitative estimate of drug-likeness (QED) is 0.640. The molecule has 1 atom stereocenters. The first-order chi connectivity index (χ1) is 7.91. The molecule has 0 heterocycles. The Hall–Kier alpha value is -1.84. The molecule has 0 radical (unpaired) electrons. The number of aliphatic carboxylic acids is 1. The van der Waals surface area contributed by atoms with Crippen molar-refractivity contribution in [2.45, 2.75) is 19.3 Å². The van der Waals surface area contributed by atoms with Crippen molar-refractivity contribution in [2.75, 3.05) is 7.11 Å². The van der Waals surface area contributed by atoms with Gasteiger partial charge >= 0.3 is 11.9 Å². The molecule has 0 aliphatic rings. The summed E-state index contributed by atoms with van der Waals surface area (Å²) < 4.78 is 4.56. The number of carbonyl (C=O) groups excluding carboxylic acids is 1. The Balaban J connectivity index is 3.18. The van der Waals surface area contributed by atoms with Crippen molar-refractivity contribution in [3.8, 4) is 0 Å². The lowest BCUT2D eigenvalue weighted by atomic mass is 9.73. The Morgan fingerprint density at radius 1 is 1.24 bits per heavy atom. The molecule has 1 N–H and O–H groups in total. The van der Waals surface area contributed by atoms with Gasteiger partial charge < -0.3 is 9.84 Å². The molecule has 0 saturated heterocycles. The van der Waals surface area contributed by atoms with Crippen LogP contribution in [0, 0.1) is 5.92 Å². The summed E-state index contributed by atoms with van der Waals surface area (Å²) >= 11 is 0. The van der Waals surface area contributed by atoms with Crippen LogP contribution in [0.1, 0.15) is 19.4 Å². The molecule has 0 spiro atoms. The molecule has 1 rings (SSSR count). The van der Waals surface area contributed by atoms with Crippen molar-refractivity contribution < 1.29 is 19.4 Å². The maximum Gasteiger partial charge on any atom is 0.320 e. The first kappa shape index (κ1) is 13.2. The third-order valence-electron chi connectivity index (χ3n) is 2.92. The lowest BCUT2D eigenvalue weighted by molar-refractivity contribution is -0.159. The van der Waals surface area contributed by atoms with E-state index in [2.05, 4.69) is 4.74 Å². The van der Waals surface area contributed by atoms with Crippen LogP contribution in [0.25, 0.3) is 0 Å². The van der Waals surface area contributed by atoms with E-state index in [4.69, 9.17) is 0 Å². The van der Waals surface area contributed by atoms with Gasteiger partial charge in [0.1, 0.15) is 0 Å². The summed E-state index contributed by atoms with van der Waals surface area (Å²) in [5, 5.41) is 9.17. The standard InChI is InChI=1S/C13H16O4/c1-13(2,9-7-5-4-6-8-9)10(11(14)15)12(16)17-3/h4-8,10H,1-3H3,(H,14,15)/t10-/m1/s1. The van der Waals surface area contributed by atoms with E-state index in [1.165, 1.54) is 7.11 Å². The molecule has 0 bridgehead atoms. The number of benzene rings is 1. The molecule has 0 amide bonds. The highest BCUT2D eigenvalue weighted by atomic mass is 16.5. The van der Waals surface area contributed by atoms with Crippen LogP contribution in [0.15, 0.2) is 30.3 Å². The minimum absolute atomic E-state index is 0.730. The topological polar surface area (TPSA) is 63.6 Å². The first-order valence-electron chi connectivity index (χ1n) is 5.27. The molecule has 0 unspecified atom stereocenters. The van der Waals surface area contributed by atoms with E-state index in [0.717, 1.165) is 5.56 Å². The molecule has 4 heteroatoms. The normalized spacial score (nSPS) is 12.9. The van der Waals surface area contributed by atoms with Crippen molar-refractivity contribution in [3.63, 3.8) is 0 Å². The van der Waals surface area contributed by atoms with Crippen LogP contribution in [0.2, 0.25) is 0 Å². The smallest absolute Gasteiger partial charge is 0.320 e. The van der Waals surface area contributed by atoms with Gasteiger partial charge in [0, 0.05) is 5.41 Å². The Bertz CT molecular complexity index is 409. The molecule has 0 fully saturated rings. The summed E-state index contributed by atoms with van der Waals surface area (Å²) in [6, 6.07) is 9.08. The monoisotopic (exact) mass is 236 g/mol. The second-order valence-electron chi connectivity index (χ2n) is 4.38. The highest BCUT2D eigenvalue weighted by Gasteiger charge is 2.43. The van der Waals surface area contributed by atoms with Gasteiger partial charge in [0.05, 0.1) is 7.11 Å². The van der Waals surface area contributed by atoms with Crippen molar-refractivity contribution in [3.05, 3.63) is 35.9 Å². The average molecular weight is 236 g/mol. The number of methoxy groups -OCH3 is 1. The van der Waals surface area contributed by atoms with E-state index in [-0.39, 0.29) is 0 Å². The Kier molecular flexibility index (Phi) is 3.89. The van der Waals surface area contributed by atoms with Crippen LogP contribution >= 0.6 is 0 Å². The zero-order chi connectivity index (χ0) is 13.1. The fourth-order valence-electron chi connectivity index (χ4n) is 1.86. The van der Waals surface area contributed by atoms with Crippen LogP contribution in [-0.4, -0.2) is 24.2 Å². The molecular weight excluding hydrogens is 220 g/mol. The zero-order valence-electron chi connectivity index (χ0n) is 10.1. The van der Waals surface area contributed by atoms with E-state index in [9.17, 15) is 14.7 Å². The summed E-state index contributed by atoms with van der Waals surface area (Å²) in [4.78, 5) is 22.8. The van der Waals surface area contributed by atoms with E-state index in [1.54, 1.807) is 26.0 Å². The number of carboxylic acids is 1. The zero-order valence-corrected chi connectivity index (χ0v) is 10.1. The van der Waals surface area contributed by atoms with Gasteiger partial charge in [0.25, 0.3) is 0 Å². The second-order valence-corrected chi connectivity index (χ2v) is 4.38. The lowest BCUT2D eigenvalue weighted by Gasteiger charge is -2.30. The van der Waals surface area contributed by atoms with Crippen molar-refractivity contribution in [2.24, 2.45) is 5.92 Å². The van der Waals surface area contributed by atoms with Crippen LogP contribution in [0.4, 0.5) is 0 Å². The van der Waals surface area contributed by atoms with Gasteiger partial charge in [-0.3, -0.25) is 9.59 Å². The van der Waals surface area contributed by atoms with E-state index < -0.39 is 23.3 Å². The van der Waals surface area contributed by atoms with Crippen molar-refractivity contribution >= 4 is 11.9 Å². The van der Waals surface area contributed by atoms with Crippen LogP contribution in [0.3, 0.4) is 0 Å². The van der Waals surface area contributed by atoms with E-state index in [0.29, 0.717) is 0 Å². The van der Waals surface area contributed by atoms with Gasteiger partial charge in [-0.2, -0.15) is 0 Å². The maximum absolute atomic E-state index is 11.6. The SMILES string of the molecule is COC(=O)[C@@H](C(=O)O)C(C)(C)c1ccccc1. The van der Waals surface area contributed by atoms with E-state index >= 15 is 0 Å². The number of ether oxygens (including phenoxy) is 1. The second kappa shape index (κ2) is 4.99. The molecule has 1 aromatic rings. The number of carbonyl (C=O) groups is 2. The molecule has 0 aliphatic heterocycles. The number of carboxylic acid groups (broad SMARTS) is 1. The predicted octanol–water partition coefficient (Wildman–Crippen LogP) is 1.84. The largest absolute Gasteiger partial charge is 0.481 e. The average Bonchev–Trinajstić information content (AvgIpc) is 2.29. The summed E-state index contributed by atoms with van der Waals surface area (Å²) in [6.07, 6.45) is 0. The molecule has 0 aliphatic carbocycles. The number of hydrogen-bond donors (Lipinski definition) is 1. The van der Waals surface area contributed by atoms with Gasteiger partial charge in [-0.1, -0.05) is 44.2 Å². The summed E-state index contributed by atoms with van der Waals surface area (Å²) in [7, 11) is 1.19. The highest BCUT2D eigenvalue weighted by Crippen LogP contribution is 2.32. The van der Waals surface area contributed by atoms with Crippen LogP contribution in [-0.2, 0) is 19.7 Å². The molecule has 92 valence electrons. The molecule has 4 nitrogen and oxygen atoms in total.